The lowest BCUT2D eigenvalue weighted by atomic mass is 10.1. The third-order valence-electron chi connectivity index (χ3n) is 2.56. The molecule has 2 aromatic rings. The SMILES string of the molecule is NC(COc1cccc(F)c1F)c1ccccc1. The number of nitrogens with two attached hydrogens (primary N) is 1. The van der Waals surface area contributed by atoms with Crippen molar-refractivity contribution in [3.05, 3.63) is 65.7 Å². The zero-order valence-corrected chi connectivity index (χ0v) is 9.64. The van der Waals surface area contributed by atoms with Gasteiger partial charge < -0.3 is 10.5 Å². The Kier molecular flexibility index (Phi) is 3.89. The molecule has 18 heavy (non-hydrogen) atoms. The molecule has 0 amide bonds. The van der Waals surface area contributed by atoms with E-state index in [9.17, 15) is 8.78 Å². The lowest BCUT2D eigenvalue weighted by Gasteiger charge is -2.14. The van der Waals surface area contributed by atoms with Crippen LogP contribution in [-0.2, 0) is 0 Å². The van der Waals surface area contributed by atoms with Gasteiger partial charge in [0.05, 0.1) is 6.04 Å². The molecule has 1 atom stereocenters. The number of rotatable bonds is 4. The van der Waals surface area contributed by atoms with Gasteiger partial charge in [0.1, 0.15) is 6.61 Å². The fourth-order valence-corrected chi connectivity index (χ4v) is 1.57. The summed E-state index contributed by atoms with van der Waals surface area (Å²) in [6.45, 7) is 0.0877. The predicted molar refractivity (Wildman–Crippen MR) is 65.2 cm³/mol. The molecule has 0 bridgehead atoms. The van der Waals surface area contributed by atoms with E-state index < -0.39 is 11.6 Å². The van der Waals surface area contributed by atoms with Crippen molar-refractivity contribution in [2.24, 2.45) is 5.73 Å². The molecule has 0 fully saturated rings. The van der Waals surface area contributed by atoms with Crippen LogP contribution in [0, 0.1) is 11.6 Å². The Bertz CT molecular complexity index is 516. The van der Waals surface area contributed by atoms with E-state index in [-0.39, 0.29) is 18.4 Å². The maximum absolute atomic E-state index is 13.3. The standard InChI is InChI=1S/C14H13F2NO/c15-11-7-4-8-13(14(11)16)18-9-12(17)10-5-2-1-3-6-10/h1-8,12H,9,17H2. The number of hydrogen-bond acceptors (Lipinski definition) is 2. The smallest absolute Gasteiger partial charge is 0.200 e. The Balaban J connectivity index is 2.02. The minimum atomic E-state index is -0.988. The van der Waals surface area contributed by atoms with Crippen molar-refractivity contribution in [2.45, 2.75) is 6.04 Å². The Morgan fingerprint density at radius 3 is 2.44 bits per heavy atom. The quantitative estimate of drug-likeness (QED) is 0.903. The zero-order chi connectivity index (χ0) is 13.0. The van der Waals surface area contributed by atoms with Crippen LogP contribution in [0.5, 0.6) is 5.75 Å². The topological polar surface area (TPSA) is 35.2 Å². The first kappa shape index (κ1) is 12.5. The Labute approximate surface area is 104 Å². The molecule has 0 aromatic heterocycles. The van der Waals surface area contributed by atoms with Gasteiger partial charge in [-0.1, -0.05) is 36.4 Å². The van der Waals surface area contributed by atoms with Crippen molar-refractivity contribution < 1.29 is 13.5 Å². The molecule has 0 aliphatic carbocycles. The zero-order valence-electron chi connectivity index (χ0n) is 9.64. The van der Waals surface area contributed by atoms with E-state index in [1.807, 2.05) is 30.3 Å². The summed E-state index contributed by atoms with van der Waals surface area (Å²) in [5.41, 5.74) is 6.77. The maximum atomic E-state index is 13.3. The van der Waals surface area contributed by atoms with Crippen LogP contribution in [0.3, 0.4) is 0 Å². The summed E-state index contributed by atoms with van der Waals surface area (Å²) in [7, 11) is 0. The summed E-state index contributed by atoms with van der Waals surface area (Å²) in [5.74, 6) is -2.04. The summed E-state index contributed by atoms with van der Waals surface area (Å²) in [6.07, 6.45) is 0. The second-order valence-electron chi connectivity index (χ2n) is 3.88. The first-order chi connectivity index (χ1) is 8.68. The van der Waals surface area contributed by atoms with Gasteiger partial charge in [-0.25, -0.2) is 4.39 Å². The number of hydrogen-bond donors (Lipinski definition) is 1. The van der Waals surface area contributed by atoms with Crippen LogP contribution in [0.2, 0.25) is 0 Å². The summed E-state index contributed by atoms with van der Waals surface area (Å²) in [4.78, 5) is 0. The van der Waals surface area contributed by atoms with Gasteiger partial charge in [-0.15, -0.1) is 0 Å². The molecule has 0 saturated carbocycles. The normalized spacial score (nSPS) is 12.2. The van der Waals surface area contributed by atoms with Gasteiger partial charge in [0, 0.05) is 0 Å². The first-order valence-electron chi connectivity index (χ1n) is 5.56. The molecule has 2 aromatic carbocycles. The van der Waals surface area contributed by atoms with Gasteiger partial charge in [-0.2, -0.15) is 4.39 Å². The Morgan fingerprint density at radius 2 is 1.72 bits per heavy atom. The van der Waals surface area contributed by atoms with Crippen molar-refractivity contribution >= 4 is 0 Å². The van der Waals surface area contributed by atoms with Gasteiger partial charge in [-0.05, 0) is 17.7 Å². The van der Waals surface area contributed by atoms with Crippen LogP contribution < -0.4 is 10.5 Å². The Morgan fingerprint density at radius 1 is 1.00 bits per heavy atom. The molecule has 94 valence electrons. The van der Waals surface area contributed by atoms with Gasteiger partial charge in [-0.3, -0.25) is 0 Å². The van der Waals surface area contributed by atoms with Crippen LogP contribution in [-0.4, -0.2) is 6.61 Å². The van der Waals surface area contributed by atoms with E-state index in [1.165, 1.54) is 12.1 Å². The highest BCUT2D eigenvalue weighted by Gasteiger charge is 2.11. The van der Waals surface area contributed by atoms with Crippen molar-refractivity contribution in [3.63, 3.8) is 0 Å². The van der Waals surface area contributed by atoms with Gasteiger partial charge in [0.25, 0.3) is 0 Å². The molecule has 2 N–H and O–H groups in total. The third kappa shape index (κ3) is 2.84. The van der Waals surface area contributed by atoms with Crippen molar-refractivity contribution in [1.82, 2.24) is 0 Å². The second kappa shape index (κ2) is 5.60. The fraction of sp³-hybridized carbons (Fsp3) is 0.143. The van der Waals surface area contributed by atoms with Gasteiger partial charge in [0.15, 0.2) is 11.6 Å². The lowest BCUT2D eigenvalue weighted by Crippen LogP contribution is -2.19. The van der Waals surface area contributed by atoms with Crippen molar-refractivity contribution in [3.8, 4) is 5.75 Å². The lowest BCUT2D eigenvalue weighted by molar-refractivity contribution is 0.272. The number of halogens is 2. The fourth-order valence-electron chi connectivity index (χ4n) is 1.57. The molecule has 0 aliphatic heterocycles. The number of ether oxygens (including phenoxy) is 1. The number of benzene rings is 2. The maximum Gasteiger partial charge on any atom is 0.200 e. The molecular formula is C14H13F2NO. The van der Waals surface area contributed by atoms with Gasteiger partial charge in [0.2, 0.25) is 5.82 Å². The predicted octanol–water partition coefficient (Wildman–Crippen LogP) is 3.04. The third-order valence-corrected chi connectivity index (χ3v) is 2.56. The van der Waals surface area contributed by atoms with Crippen LogP contribution in [0.4, 0.5) is 8.78 Å². The van der Waals surface area contributed by atoms with Crippen LogP contribution in [0.25, 0.3) is 0 Å². The summed E-state index contributed by atoms with van der Waals surface area (Å²) in [5, 5.41) is 0. The highest BCUT2D eigenvalue weighted by molar-refractivity contribution is 5.25. The molecule has 4 heteroatoms. The molecule has 0 radical (unpaired) electrons. The minimum Gasteiger partial charge on any atom is -0.488 e. The van der Waals surface area contributed by atoms with Crippen LogP contribution in [0.1, 0.15) is 11.6 Å². The molecule has 0 spiro atoms. The Hall–Kier alpha value is -1.94. The largest absolute Gasteiger partial charge is 0.488 e. The molecule has 0 heterocycles. The van der Waals surface area contributed by atoms with E-state index in [2.05, 4.69) is 0 Å². The van der Waals surface area contributed by atoms with Crippen molar-refractivity contribution in [1.29, 1.82) is 0 Å². The molecule has 1 unspecified atom stereocenters. The van der Waals surface area contributed by atoms with Crippen LogP contribution >= 0.6 is 0 Å². The molecule has 0 aliphatic rings. The highest BCUT2D eigenvalue weighted by Crippen LogP contribution is 2.20. The van der Waals surface area contributed by atoms with E-state index in [4.69, 9.17) is 10.5 Å². The molecule has 2 nitrogen and oxygen atoms in total. The first-order valence-corrected chi connectivity index (χ1v) is 5.56. The van der Waals surface area contributed by atoms with Crippen molar-refractivity contribution in [2.75, 3.05) is 6.61 Å². The summed E-state index contributed by atoms with van der Waals surface area (Å²) >= 11 is 0. The van der Waals surface area contributed by atoms with E-state index in [0.29, 0.717) is 0 Å². The monoisotopic (exact) mass is 249 g/mol. The molecule has 2 rings (SSSR count). The van der Waals surface area contributed by atoms with E-state index in [0.717, 1.165) is 11.6 Å². The van der Waals surface area contributed by atoms with Crippen LogP contribution in [0.15, 0.2) is 48.5 Å². The minimum absolute atomic E-state index is 0.0877. The average molecular weight is 249 g/mol. The van der Waals surface area contributed by atoms with E-state index >= 15 is 0 Å². The van der Waals surface area contributed by atoms with Gasteiger partial charge >= 0.3 is 0 Å². The second-order valence-corrected chi connectivity index (χ2v) is 3.88. The average Bonchev–Trinajstić information content (AvgIpc) is 2.41. The molecule has 0 saturated heterocycles. The summed E-state index contributed by atoms with van der Waals surface area (Å²) in [6, 6.07) is 12.7. The highest BCUT2D eigenvalue weighted by atomic mass is 19.2. The molecular weight excluding hydrogens is 236 g/mol. The summed E-state index contributed by atoms with van der Waals surface area (Å²) < 4.78 is 31.4. The van der Waals surface area contributed by atoms with E-state index in [1.54, 1.807) is 0 Å².